The highest BCUT2D eigenvalue weighted by Crippen LogP contribution is 2.42. The van der Waals surface area contributed by atoms with Crippen molar-refractivity contribution in [3.63, 3.8) is 0 Å². The summed E-state index contributed by atoms with van der Waals surface area (Å²) in [6, 6.07) is 1.35. The van der Waals surface area contributed by atoms with E-state index in [1.165, 1.54) is 13.2 Å². The van der Waals surface area contributed by atoms with Gasteiger partial charge in [-0.05, 0) is 12.8 Å². The molecule has 16 heavy (non-hydrogen) atoms. The van der Waals surface area contributed by atoms with Crippen LogP contribution in [-0.2, 0) is 6.18 Å². The molecule has 1 fully saturated rings. The van der Waals surface area contributed by atoms with Crippen LogP contribution >= 0.6 is 0 Å². The number of halogens is 3. The van der Waals surface area contributed by atoms with Crippen LogP contribution in [0.2, 0.25) is 0 Å². The van der Waals surface area contributed by atoms with Crippen LogP contribution in [0.25, 0.3) is 0 Å². The molecule has 1 saturated carbocycles. The lowest BCUT2D eigenvalue weighted by Gasteiger charge is -2.15. The molecule has 0 spiro atoms. The molecular formula is C10H10F3NO2. The molecule has 1 aliphatic carbocycles. The normalized spacial score (nSPS) is 16.0. The predicted octanol–water partition coefficient (Wildman–Crippen LogP) is 2.65. The van der Waals surface area contributed by atoms with Gasteiger partial charge in [0.2, 0.25) is 0 Å². The number of methoxy groups -OCH3 is 1. The second-order valence-electron chi connectivity index (χ2n) is 3.51. The first-order chi connectivity index (χ1) is 7.52. The molecule has 0 unspecified atom stereocenters. The third-order valence-corrected chi connectivity index (χ3v) is 2.17. The summed E-state index contributed by atoms with van der Waals surface area (Å²) in [6.45, 7) is 0. The summed E-state index contributed by atoms with van der Waals surface area (Å²) in [7, 11) is 1.30. The molecule has 0 aliphatic heterocycles. The average molecular weight is 233 g/mol. The van der Waals surface area contributed by atoms with Gasteiger partial charge in [-0.3, -0.25) is 0 Å². The van der Waals surface area contributed by atoms with E-state index in [4.69, 9.17) is 9.47 Å². The molecule has 88 valence electrons. The minimum atomic E-state index is -4.53. The highest BCUT2D eigenvalue weighted by Gasteiger charge is 2.39. The zero-order chi connectivity index (χ0) is 11.8. The Balaban J connectivity index is 2.41. The molecule has 0 amide bonds. The summed E-state index contributed by atoms with van der Waals surface area (Å²) in [6.07, 6.45) is -2.07. The number of aromatic nitrogens is 1. The molecule has 1 aromatic heterocycles. The van der Waals surface area contributed by atoms with Gasteiger partial charge in [0.15, 0.2) is 17.2 Å². The summed E-state index contributed by atoms with van der Waals surface area (Å²) in [4.78, 5) is 3.31. The van der Waals surface area contributed by atoms with E-state index in [1.807, 2.05) is 0 Å². The second-order valence-corrected chi connectivity index (χ2v) is 3.51. The first kappa shape index (κ1) is 11.0. The van der Waals surface area contributed by atoms with Crippen LogP contribution in [0.3, 0.4) is 0 Å². The van der Waals surface area contributed by atoms with E-state index in [1.54, 1.807) is 0 Å². The molecule has 0 saturated heterocycles. The van der Waals surface area contributed by atoms with Crippen molar-refractivity contribution >= 4 is 0 Å². The molecule has 0 N–H and O–H groups in total. The van der Waals surface area contributed by atoms with Crippen molar-refractivity contribution < 1.29 is 22.6 Å². The van der Waals surface area contributed by atoms with Gasteiger partial charge in [0.1, 0.15) is 0 Å². The molecule has 6 heteroatoms. The summed E-state index contributed by atoms with van der Waals surface area (Å²) < 4.78 is 48.0. The molecule has 1 heterocycles. The van der Waals surface area contributed by atoms with Crippen LogP contribution in [0, 0.1) is 0 Å². The molecular weight excluding hydrogens is 223 g/mol. The summed E-state index contributed by atoms with van der Waals surface area (Å²) in [5.41, 5.74) is -1.03. The first-order valence-electron chi connectivity index (χ1n) is 4.79. The Morgan fingerprint density at radius 3 is 2.56 bits per heavy atom. The maximum atomic E-state index is 12.6. The third kappa shape index (κ3) is 2.20. The summed E-state index contributed by atoms with van der Waals surface area (Å²) in [5, 5.41) is 0. The number of hydrogen-bond donors (Lipinski definition) is 0. The minimum absolute atomic E-state index is 0.0641. The van der Waals surface area contributed by atoms with Crippen LogP contribution in [-0.4, -0.2) is 18.2 Å². The molecule has 0 bridgehead atoms. The highest BCUT2D eigenvalue weighted by atomic mass is 19.4. The van der Waals surface area contributed by atoms with Crippen molar-refractivity contribution in [1.82, 2.24) is 4.98 Å². The predicted molar refractivity (Wildman–Crippen MR) is 49.4 cm³/mol. The zero-order valence-corrected chi connectivity index (χ0v) is 8.54. The fraction of sp³-hybridized carbons (Fsp3) is 0.500. The SMILES string of the molecule is COc1ccnc(C(F)(F)F)c1OC1CC1. The lowest BCUT2D eigenvalue weighted by atomic mass is 10.3. The maximum absolute atomic E-state index is 12.6. The van der Waals surface area contributed by atoms with Crippen LogP contribution < -0.4 is 9.47 Å². The van der Waals surface area contributed by atoms with Gasteiger partial charge in [0.25, 0.3) is 0 Å². The quantitative estimate of drug-likeness (QED) is 0.804. The Bertz CT molecular complexity index is 388. The first-order valence-corrected chi connectivity index (χ1v) is 4.79. The lowest BCUT2D eigenvalue weighted by Crippen LogP contribution is -2.12. The van der Waals surface area contributed by atoms with Gasteiger partial charge in [0, 0.05) is 12.3 Å². The monoisotopic (exact) mass is 233 g/mol. The van der Waals surface area contributed by atoms with Gasteiger partial charge in [-0.25, -0.2) is 4.98 Å². The van der Waals surface area contributed by atoms with Gasteiger partial charge < -0.3 is 9.47 Å². The van der Waals surface area contributed by atoms with E-state index in [-0.39, 0.29) is 17.6 Å². The van der Waals surface area contributed by atoms with E-state index in [2.05, 4.69) is 4.98 Å². The lowest BCUT2D eigenvalue weighted by molar-refractivity contribution is -0.142. The molecule has 0 atom stereocenters. The van der Waals surface area contributed by atoms with Crippen LogP contribution in [0.4, 0.5) is 13.2 Å². The van der Waals surface area contributed by atoms with E-state index >= 15 is 0 Å². The second kappa shape index (κ2) is 3.84. The number of alkyl halides is 3. The van der Waals surface area contributed by atoms with Crippen LogP contribution in [0.5, 0.6) is 11.5 Å². The Morgan fingerprint density at radius 1 is 1.38 bits per heavy atom. The van der Waals surface area contributed by atoms with Gasteiger partial charge in [-0.1, -0.05) is 0 Å². The van der Waals surface area contributed by atoms with E-state index < -0.39 is 11.9 Å². The Labute approximate surface area is 90.2 Å². The fourth-order valence-electron chi connectivity index (χ4n) is 1.26. The average Bonchev–Trinajstić information content (AvgIpc) is 3.00. The molecule has 3 nitrogen and oxygen atoms in total. The minimum Gasteiger partial charge on any atom is -0.493 e. The van der Waals surface area contributed by atoms with Gasteiger partial charge >= 0.3 is 6.18 Å². The molecule has 0 radical (unpaired) electrons. The highest BCUT2D eigenvalue weighted by molar-refractivity contribution is 5.44. The topological polar surface area (TPSA) is 31.4 Å². The van der Waals surface area contributed by atoms with Crippen molar-refractivity contribution in [1.29, 1.82) is 0 Å². The van der Waals surface area contributed by atoms with Crippen molar-refractivity contribution in [3.05, 3.63) is 18.0 Å². The van der Waals surface area contributed by atoms with Crippen molar-refractivity contribution in [2.45, 2.75) is 25.1 Å². The maximum Gasteiger partial charge on any atom is 0.437 e. The van der Waals surface area contributed by atoms with E-state index in [0.29, 0.717) is 0 Å². The van der Waals surface area contributed by atoms with Crippen LogP contribution in [0.15, 0.2) is 12.3 Å². The Morgan fingerprint density at radius 2 is 2.06 bits per heavy atom. The van der Waals surface area contributed by atoms with E-state index in [0.717, 1.165) is 19.0 Å². The number of rotatable bonds is 3. The fourth-order valence-corrected chi connectivity index (χ4v) is 1.26. The van der Waals surface area contributed by atoms with Gasteiger partial charge in [-0.15, -0.1) is 0 Å². The largest absolute Gasteiger partial charge is 0.493 e. The number of pyridine rings is 1. The molecule has 2 rings (SSSR count). The standard InChI is InChI=1S/C10H10F3NO2/c1-15-7-4-5-14-9(10(11,12)13)8(7)16-6-2-3-6/h4-6H,2-3H2,1H3. The number of nitrogens with zero attached hydrogens (tertiary/aromatic N) is 1. The number of hydrogen-bond acceptors (Lipinski definition) is 3. The van der Waals surface area contributed by atoms with Crippen molar-refractivity contribution in [3.8, 4) is 11.5 Å². The van der Waals surface area contributed by atoms with Gasteiger partial charge in [-0.2, -0.15) is 13.2 Å². The molecule has 0 aromatic carbocycles. The van der Waals surface area contributed by atoms with Crippen molar-refractivity contribution in [2.75, 3.05) is 7.11 Å². The van der Waals surface area contributed by atoms with E-state index in [9.17, 15) is 13.2 Å². The van der Waals surface area contributed by atoms with Gasteiger partial charge in [0.05, 0.1) is 13.2 Å². The number of ether oxygens (including phenoxy) is 2. The Hall–Kier alpha value is -1.46. The molecule has 1 aliphatic rings. The van der Waals surface area contributed by atoms with Crippen LogP contribution in [0.1, 0.15) is 18.5 Å². The smallest absolute Gasteiger partial charge is 0.437 e. The van der Waals surface area contributed by atoms with Crippen molar-refractivity contribution in [2.24, 2.45) is 0 Å². The third-order valence-electron chi connectivity index (χ3n) is 2.17. The molecule has 1 aromatic rings. The summed E-state index contributed by atoms with van der Waals surface area (Å²) >= 11 is 0. The summed E-state index contributed by atoms with van der Waals surface area (Å²) in [5.74, 6) is -0.241. The zero-order valence-electron chi connectivity index (χ0n) is 8.54. The Kier molecular flexibility index (Phi) is 2.65.